The summed E-state index contributed by atoms with van der Waals surface area (Å²) in [4.78, 5) is 22.4. The van der Waals surface area contributed by atoms with Crippen molar-refractivity contribution in [2.24, 2.45) is 4.99 Å². The van der Waals surface area contributed by atoms with Crippen molar-refractivity contribution in [1.29, 1.82) is 0 Å². The first-order valence-electron chi connectivity index (χ1n) is 14.2. The Morgan fingerprint density at radius 2 is 1.72 bits per heavy atom. The highest BCUT2D eigenvalue weighted by molar-refractivity contribution is 9.10. The number of likely N-dealkylation sites (N-methyl/N-ethyl adjacent to an activating group) is 1. The van der Waals surface area contributed by atoms with Crippen LogP contribution in [0, 0.1) is 0 Å². The fraction of sp³-hybridized carbons (Fsp3) is 0.235. The molecule has 0 atom stereocenters. The van der Waals surface area contributed by atoms with Crippen molar-refractivity contribution in [3.05, 3.63) is 99.4 Å². The van der Waals surface area contributed by atoms with Crippen LogP contribution in [0.25, 0.3) is 16.8 Å². The van der Waals surface area contributed by atoms with E-state index in [4.69, 9.17) is 19.2 Å². The molecule has 2 saturated heterocycles. The molecule has 7 nitrogen and oxygen atoms in total. The summed E-state index contributed by atoms with van der Waals surface area (Å²) in [5.74, 6) is 1.15. The topological polar surface area (TPSA) is 63.6 Å². The van der Waals surface area contributed by atoms with Crippen LogP contribution in [0.2, 0.25) is 0 Å². The van der Waals surface area contributed by atoms with Crippen molar-refractivity contribution in [3.63, 3.8) is 0 Å². The van der Waals surface area contributed by atoms with Crippen molar-refractivity contribution < 1.29 is 19.0 Å². The molecule has 0 N–H and O–H groups in total. The lowest BCUT2D eigenvalue weighted by atomic mass is 10.1. The molecule has 2 aliphatic rings. The number of amides is 1. The number of rotatable bonds is 8. The Kier molecular flexibility index (Phi) is 9.02. The van der Waals surface area contributed by atoms with E-state index in [1.165, 1.54) is 17.1 Å². The minimum absolute atomic E-state index is 0.102. The summed E-state index contributed by atoms with van der Waals surface area (Å²) in [6.45, 7) is 6.08. The van der Waals surface area contributed by atoms with Crippen LogP contribution in [0.4, 0.5) is 11.4 Å². The number of benzene rings is 4. The smallest absolute Gasteiger partial charge is 0.266 e. The van der Waals surface area contributed by atoms with Gasteiger partial charge in [0.1, 0.15) is 6.61 Å². The zero-order valence-electron chi connectivity index (χ0n) is 24.1. The predicted octanol–water partition coefficient (Wildman–Crippen LogP) is 7.65. The number of hydrogen-bond donors (Lipinski definition) is 0. The average Bonchev–Trinajstić information content (AvgIpc) is 3.30. The third-order valence-corrected chi connectivity index (χ3v) is 9.11. The molecular formula is C34H32BrN3O4S. The van der Waals surface area contributed by atoms with Gasteiger partial charge in [0.15, 0.2) is 16.7 Å². The number of nitrogens with zero attached hydrogens (tertiary/aromatic N) is 3. The molecule has 6 rings (SSSR count). The summed E-state index contributed by atoms with van der Waals surface area (Å²) in [6.07, 6.45) is 1.87. The third kappa shape index (κ3) is 6.59. The number of thioether (sulfide) groups is 1. The van der Waals surface area contributed by atoms with Gasteiger partial charge in [-0.05, 0) is 83.1 Å². The second kappa shape index (κ2) is 13.2. The third-order valence-electron chi connectivity index (χ3n) is 7.37. The van der Waals surface area contributed by atoms with Crippen molar-refractivity contribution in [2.45, 2.75) is 13.5 Å². The number of carbonyl (C=O) groups is 1. The Bertz CT molecular complexity index is 1690. The molecule has 0 bridgehead atoms. The molecule has 2 aliphatic heterocycles. The lowest BCUT2D eigenvalue weighted by molar-refractivity contribution is -0.121. The quantitative estimate of drug-likeness (QED) is 0.181. The molecule has 0 spiro atoms. The van der Waals surface area contributed by atoms with Crippen LogP contribution in [-0.4, -0.2) is 55.9 Å². The van der Waals surface area contributed by atoms with Crippen LogP contribution < -0.4 is 14.4 Å². The van der Waals surface area contributed by atoms with Gasteiger partial charge >= 0.3 is 0 Å². The summed E-state index contributed by atoms with van der Waals surface area (Å²) in [5.41, 5.74) is 3.87. The maximum Gasteiger partial charge on any atom is 0.266 e. The van der Waals surface area contributed by atoms with Gasteiger partial charge in [0.2, 0.25) is 0 Å². The van der Waals surface area contributed by atoms with Gasteiger partial charge in [0, 0.05) is 30.3 Å². The number of amidine groups is 1. The second-order valence-corrected chi connectivity index (χ2v) is 12.0. The highest BCUT2D eigenvalue weighted by Crippen LogP contribution is 2.39. The van der Waals surface area contributed by atoms with Gasteiger partial charge in [-0.25, -0.2) is 4.99 Å². The Morgan fingerprint density at radius 1 is 0.977 bits per heavy atom. The first-order valence-corrected chi connectivity index (χ1v) is 15.9. The number of aliphatic imine (C=N–C) groups is 1. The first-order chi connectivity index (χ1) is 21.0. The number of hydrogen-bond acceptors (Lipinski definition) is 7. The van der Waals surface area contributed by atoms with E-state index >= 15 is 0 Å². The van der Waals surface area contributed by atoms with Crippen LogP contribution in [0.15, 0.2) is 93.2 Å². The minimum Gasteiger partial charge on any atom is -0.490 e. The molecule has 0 aliphatic carbocycles. The summed E-state index contributed by atoms with van der Waals surface area (Å²) >= 11 is 5.05. The Balaban J connectivity index is 1.21. The van der Waals surface area contributed by atoms with E-state index in [0.29, 0.717) is 34.8 Å². The molecule has 220 valence electrons. The standard InChI is InChI=1S/C34H32BrN3O4S/c1-3-41-30-19-25(29(35)21-31(30)42-22-24-9-6-8-23-7-4-5-10-28(23)24)20-32-33(39)37(2)34(43-32)36-26-11-13-27(14-12-26)38-15-17-40-18-16-38/h4-14,19-21H,3,15-18,22H2,1-2H3/b32-20-,36-34?. The largest absolute Gasteiger partial charge is 0.490 e. The van der Waals surface area contributed by atoms with Gasteiger partial charge in [-0.1, -0.05) is 58.4 Å². The number of halogens is 1. The van der Waals surface area contributed by atoms with Crippen LogP contribution in [-0.2, 0) is 16.1 Å². The fourth-order valence-electron chi connectivity index (χ4n) is 5.08. The lowest BCUT2D eigenvalue weighted by Gasteiger charge is -2.28. The number of ether oxygens (including phenoxy) is 3. The monoisotopic (exact) mass is 657 g/mol. The van der Waals surface area contributed by atoms with E-state index in [2.05, 4.69) is 57.2 Å². The average molecular weight is 659 g/mol. The van der Waals surface area contributed by atoms with Gasteiger partial charge in [-0.3, -0.25) is 9.69 Å². The number of anilines is 1. The molecule has 2 heterocycles. The molecule has 4 aromatic carbocycles. The number of carbonyl (C=O) groups excluding carboxylic acids is 1. The number of fused-ring (bicyclic) bond motifs is 1. The summed E-state index contributed by atoms with van der Waals surface area (Å²) in [6, 6.07) is 26.4. The van der Waals surface area contributed by atoms with Crippen molar-refractivity contribution in [3.8, 4) is 11.5 Å². The summed E-state index contributed by atoms with van der Waals surface area (Å²) in [5, 5.41) is 2.97. The fourth-order valence-corrected chi connectivity index (χ4v) is 6.49. The van der Waals surface area contributed by atoms with E-state index in [0.717, 1.165) is 58.7 Å². The van der Waals surface area contributed by atoms with Crippen molar-refractivity contribution in [2.75, 3.05) is 44.9 Å². The predicted molar refractivity (Wildman–Crippen MR) is 178 cm³/mol. The van der Waals surface area contributed by atoms with Crippen molar-refractivity contribution >= 4 is 67.0 Å². The molecule has 0 unspecified atom stereocenters. The van der Waals surface area contributed by atoms with E-state index in [1.54, 1.807) is 11.9 Å². The molecule has 9 heteroatoms. The molecule has 4 aromatic rings. The molecule has 0 aromatic heterocycles. The lowest BCUT2D eigenvalue weighted by Crippen LogP contribution is -2.36. The number of morpholine rings is 1. The molecule has 0 radical (unpaired) electrons. The van der Waals surface area contributed by atoms with Crippen LogP contribution >= 0.6 is 27.7 Å². The van der Waals surface area contributed by atoms with E-state index in [1.807, 2.05) is 55.5 Å². The Morgan fingerprint density at radius 3 is 2.51 bits per heavy atom. The minimum atomic E-state index is -0.102. The molecule has 43 heavy (non-hydrogen) atoms. The van der Waals surface area contributed by atoms with Crippen LogP contribution in [0.3, 0.4) is 0 Å². The summed E-state index contributed by atoms with van der Waals surface area (Å²) in [7, 11) is 1.75. The van der Waals surface area contributed by atoms with Gasteiger partial charge in [-0.2, -0.15) is 0 Å². The van der Waals surface area contributed by atoms with Crippen LogP contribution in [0.5, 0.6) is 11.5 Å². The van der Waals surface area contributed by atoms with Gasteiger partial charge < -0.3 is 19.1 Å². The second-order valence-electron chi connectivity index (χ2n) is 10.2. The molecule has 1 amide bonds. The molecule has 2 fully saturated rings. The SMILES string of the molecule is CCOc1cc(/C=C2\SC(=Nc3ccc(N4CCOCC4)cc3)N(C)C2=O)c(Br)cc1OCc1cccc2ccccc12. The normalized spacial score (nSPS) is 17.3. The van der Waals surface area contributed by atoms with Gasteiger partial charge in [0.05, 0.1) is 30.4 Å². The zero-order valence-corrected chi connectivity index (χ0v) is 26.5. The Hall–Kier alpha value is -3.79. The van der Waals surface area contributed by atoms with Crippen molar-refractivity contribution in [1.82, 2.24) is 4.90 Å². The van der Waals surface area contributed by atoms with Gasteiger partial charge in [0.25, 0.3) is 5.91 Å². The zero-order chi connectivity index (χ0) is 29.8. The van der Waals surface area contributed by atoms with E-state index in [9.17, 15) is 4.79 Å². The maximum atomic E-state index is 13.2. The molecular weight excluding hydrogens is 626 g/mol. The highest BCUT2D eigenvalue weighted by atomic mass is 79.9. The van der Waals surface area contributed by atoms with E-state index in [-0.39, 0.29) is 5.91 Å². The molecule has 0 saturated carbocycles. The van der Waals surface area contributed by atoms with Gasteiger partial charge in [-0.15, -0.1) is 0 Å². The summed E-state index contributed by atoms with van der Waals surface area (Å²) < 4.78 is 18.5. The maximum absolute atomic E-state index is 13.2. The van der Waals surface area contributed by atoms with Crippen LogP contribution in [0.1, 0.15) is 18.1 Å². The van der Waals surface area contributed by atoms with E-state index < -0.39 is 0 Å². The Labute approximate surface area is 264 Å². The first kappa shape index (κ1) is 29.3. The highest BCUT2D eigenvalue weighted by Gasteiger charge is 2.30.